The van der Waals surface area contributed by atoms with Crippen LogP contribution in [-0.2, 0) is 27.9 Å². The van der Waals surface area contributed by atoms with Gasteiger partial charge in [-0.05, 0) is 70.3 Å². The van der Waals surface area contributed by atoms with Crippen molar-refractivity contribution in [3.63, 3.8) is 0 Å². The normalized spacial score (nSPS) is 14.2. The Balaban J connectivity index is 5.36. The number of phosphoric acid groups is 1. The molecule has 0 bridgehead atoms. The summed E-state index contributed by atoms with van der Waals surface area (Å²) in [6.07, 6.45) is 64.7. The summed E-state index contributed by atoms with van der Waals surface area (Å²) in [5.74, 6) is -0.570. The minimum Gasteiger partial charge on any atom is -0.756 e. The molecule has 0 aliphatic rings. The molecule has 0 saturated heterocycles. The molecular formula is C62H115N2O7P. The van der Waals surface area contributed by atoms with Gasteiger partial charge in [0.25, 0.3) is 7.82 Å². The topological polar surface area (TPSA) is 114 Å². The molecule has 0 radical (unpaired) electrons. The highest BCUT2D eigenvalue weighted by molar-refractivity contribution is 7.45. The molecule has 0 saturated carbocycles. The van der Waals surface area contributed by atoms with Gasteiger partial charge in [-0.3, -0.25) is 14.2 Å². The third-order valence-corrected chi connectivity index (χ3v) is 14.2. The maximum absolute atomic E-state index is 13.5. The van der Waals surface area contributed by atoms with E-state index in [1.165, 1.54) is 148 Å². The summed E-state index contributed by atoms with van der Waals surface area (Å²) in [5, 5.41) is 3.01. The van der Waals surface area contributed by atoms with Gasteiger partial charge in [-0.15, -0.1) is 0 Å². The first-order chi connectivity index (χ1) is 34.9. The Labute approximate surface area is 445 Å². The average Bonchev–Trinajstić information content (AvgIpc) is 3.34. The number of esters is 1. The van der Waals surface area contributed by atoms with E-state index >= 15 is 0 Å². The molecule has 0 rings (SSSR count). The highest BCUT2D eigenvalue weighted by atomic mass is 31.2. The number of allylic oxidation sites excluding steroid dienone is 9. The van der Waals surface area contributed by atoms with Crippen LogP contribution in [0.1, 0.15) is 271 Å². The molecule has 0 spiro atoms. The molecule has 10 heteroatoms. The van der Waals surface area contributed by atoms with Gasteiger partial charge in [0.05, 0.1) is 33.8 Å². The van der Waals surface area contributed by atoms with Crippen molar-refractivity contribution >= 4 is 19.7 Å². The number of nitrogens with one attached hydrogen (secondary N) is 1. The lowest BCUT2D eigenvalue weighted by Crippen LogP contribution is -2.47. The van der Waals surface area contributed by atoms with E-state index in [4.69, 9.17) is 13.8 Å². The number of quaternary nitrogens is 1. The highest BCUT2D eigenvalue weighted by Gasteiger charge is 2.27. The van der Waals surface area contributed by atoms with Crippen molar-refractivity contribution in [3.05, 3.63) is 60.8 Å². The zero-order chi connectivity index (χ0) is 52.9. The fourth-order valence-electron chi connectivity index (χ4n) is 8.57. The first-order valence-electron chi connectivity index (χ1n) is 30.1. The van der Waals surface area contributed by atoms with Crippen LogP contribution >= 0.6 is 7.82 Å². The number of ether oxygens (including phenoxy) is 1. The number of carbonyl (C=O) groups excluding carboxylic acids is 2. The molecule has 0 fully saturated rings. The Morgan fingerprint density at radius 2 is 0.889 bits per heavy atom. The first-order valence-corrected chi connectivity index (χ1v) is 31.6. The summed E-state index contributed by atoms with van der Waals surface area (Å²) >= 11 is 0. The summed E-state index contributed by atoms with van der Waals surface area (Å²) in [6, 6.07) is -0.903. The van der Waals surface area contributed by atoms with E-state index in [0.29, 0.717) is 17.4 Å². The van der Waals surface area contributed by atoms with Gasteiger partial charge in [0.15, 0.2) is 0 Å². The lowest BCUT2D eigenvalue weighted by Gasteiger charge is -2.30. The third kappa shape index (κ3) is 52.6. The summed E-state index contributed by atoms with van der Waals surface area (Å²) in [4.78, 5) is 39.9. The Morgan fingerprint density at radius 3 is 1.35 bits per heavy atom. The van der Waals surface area contributed by atoms with Crippen molar-refractivity contribution in [1.82, 2.24) is 5.32 Å². The molecule has 3 atom stereocenters. The standard InChI is InChI=1S/C62H115N2O7P/c1-7-10-13-16-19-22-25-28-30-32-34-37-40-43-46-49-52-55-62(66)71-60(53-50-47-44-41-38-35-27-24-21-18-15-12-9-3)59(58-70-72(67,68)69-57-56-64(4,5)6)63-61(65)54-51-48-45-42-39-36-33-31-29-26-23-20-17-14-11-8-2/h11,14,20,23,29,31,36,39,50,53,59-60H,7-10,12-13,15-19,21-22,24-28,30,32-35,37-38,40-49,51-52,54-58H2,1-6H3,(H-,63,65,67,68)/b14-11+,23-20+,31-29+,39-36+,53-50+. The molecule has 9 nitrogen and oxygen atoms in total. The number of hydrogen-bond acceptors (Lipinski definition) is 7. The third-order valence-electron chi connectivity index (χ3n) is 13.2. The van der Waals surface area contributed by atoms with Crippen LogP contribution in [0.5, 0.6) is 0 Å². The van der Waals surface area contributed by atoms with Gasteiger partial charge in [-0.25, -0.2) is 0 Å². The van der Waals surface area contributed by atoms with Gasteiger partial charge in [0.1, 0.15) is 19.3 Å². The highest BCUT2D eigenvalue weighted by Crippen LogP contribution is 2.38. The van der Waals surface area contributed by atoms with Crippen LogP contribution in [0.15, 0.2) is 60.8 Å². The molecule has 420 valence electrons. The number of rotatable bonds is 54. The smallest absolute Gasteiger partial charge is 0.306 e. The second-order valence-electron chi connectivity index (χ2n) is 21.5. The lowest BCUT2D eigenvalue weighted by molar-refractivity contribution is -0.870. The van der Waals surface area contributed by atoms with E-state index in [-0.39, 0.29) is 31.3 Å². The predicted molar refractivity (Wildman–Crippen MR) is 307 cm³/mol. The lowest BCUT2D eigenvalue weighted by atomic mass is 10.0. The summed E-state index contributed by atoms with van der Waals surface area (Å²) in [6.45, 7) is 6.72. The van der Waals surface area contributed by atoms with E-state index in [2.05, 4.69) is 74.7 Å². The number of hydrogen-bond donors (Lipinski definition) is 1. The number of amides is 1. The fourth-order valence-corrected chi connectivity index (χ4v) is 9.30. The number of unbranched alkanes of at least 4 members (excludes halogenated alkanes) is 30. The zero-order valence-electron chi connectivity index (χ0n) is 47.9. The van der Waals surface area contributed by atoms with Gasteiger partial charge < -0.3 is 28.5 Å². The molecule has 0 heterocycles. The molecule has 0 aromatic heterocycles. The van der Waals surface area contributed by atoms with Crippen molar-refractivity contribution < 1.29 is 37.3 Å². The molecule has 0 aliphatic carbocycles. The van der Waals surface area contributed by atoms with E-state index in [1.54, 1.807) is 0 Å². The van der Waals surface area contributed by atoms with E-state index in [0.717, 1.165) is 83.5 Å². The van der Waals surface area contributed by atoms with Gasteiger partial charge in [0.2, 0.25) is 5.91 Å². The largest absolute Gasteiger partial charge is 0.756 e. The van der Waals surface area contributed by atoms with Crippen LogP contribution in [-0.4, -0.2) is 69.4 Å². The van der Waals surface area contributed by atoms with Crippen LogP contribution in [0.25, 0.3) is 0 Å². The van der Waals surface area contributed by atoms with Gasteiger partial charge in [-0.2, -0.15) is 0 Å². The maximum Gasteiger partial charge on any atom is 0.306 e. The van der Waals surface area contributed by atoms with Crippen molar-refractivity contribution in [2.75, 3.05) is 40.9 Å². The van der Waals surface area contributed by atoms with E-state index < -0.39 is 26.6 Å². The van der Waals surface area contributed by atoms with E-state index in [1.807, 2.05) is 33.3 Å². The predicted octanol–water partition coefficient (Wildman–Crippen LogP) is 17.6. The Bertz CT molecular complexity index is 1420. The van der Waals surface area contributed by atoms with Crippen LogP contribution in [0, 0.1) is 0 Å². The average molecular weight is 1030 g/mol. The Hall–Kier alpha value is -2.29. The number of phosphoric ester groups is 1. The van der Waals surface area contributed by atoms with Crippen molar-refractivity contribution in [1.29, 1.82) is 0 Å². The molecular weight excluding hydrogens is 916 g/mol. The van der Waals surface area contributed by atoms with Crippen molar-refractivity contribution in [2.24, 2.45) is 0 Å². The molecule has 0 aromatic rings. The molecule has 0 aromatic carbocycles. The first kappa shape index (κ1) is 69.7. The Morgan fingerprint density at radius 1 is 0.500 bits per heavy atom. The quantitative estimate of drug-likeness (QED) is 0.0212. The fraction of sp³-hybridized carbons (Fsp3) is 0.806. The van der Waals surface area contributed by atoms with Crippen LogP contribution in [0.4, 0.5) is 0 Å². The molecule has 3 unspecified atom stereocenters. The number of nitrogens with zero attached hydrogens (tertiary/aromatic N) is 1. The number of carbonyl (C=O) groups is 2. The molecule has 1 N–H and O–H groups in total. The van der Waals surface area contributed by atoms with Gasteiger partial charge >= 0.3 is 5.97 Å². The summed E-state index contributed by atoms with van der Waals surface area (Å²) in [5.41, 5.74) is 0. The number of likely N-dealkylation sites (N-methyl/N-ethyl adjacent to an activating group) is 1. The summed E-state index contributed by atoms with van der Waals surface area (Å²) < 4.78 is 30.3. The van der Waals surface area contributed by atoms with Gasteiger partial charge in [-0.1, -0.05) is 249 Å². The minimum absolute atomic E-state index is 0.0289. The van der Waals surface area contributed by atoms with Crippen LogP contribution in [0.3, 0.4) is 0 Å². The van der Waals surface area contributed by atoms with Gasteiger partial charge in [0, 0.05) is 12.8 Å². The minimum atomic E-state index is -4.70. The van der Waals surface area contributed by atoms with Crippen LogP contribution < -0.4 is 10.2 Å². The maximum atomic E-state index is 13.5. The molecule has 1 amide bonds. The molecule has 0 aliphatic heterocycles. The monoisotopic (exact) mass is 1030 g/mol. The van der Waals surface area contributed by atoms with Crippen molar-refractivity contribution in [3.8, 4) is 0 Å². The van der Waals surface area contributed by atoms with Crippen LogP contribution in [0.2, 0.25) is 0 Å². The second kappa shape index (κ2) is 52.2. The van der Waals surface area contributed by atoms with Crippen molar-refractivity contribution in [2.45, 2.75) is 283 Å². The molecule has 72 heavy (non-hydrogen) atoms. The van der Waals surface area contributed by atoms with E-state index in [9.17, 15) is 19.0 Å². The SMILES string of the molecule is CC/C=C/C/C=C/C/C=C/C/C=C/CCCCCC(=O)NC(COP(=O)([O-])OCC[N+](C)(C)C)C(/C=C/CCCCCCCCCCCCC)OC(=O)CCCCCCCCCCCCCCCCCCC. The second-order valence-corrected chi connectivity index (χ2v) is 22.9. The summed E-state index contributed by atoms with van der Waals surface area (Å²) in [7, 11) is 1.17. The Kier molecular flexibility index (Phi) is 50.5. The zero-order valence-corrected chi connectivity index (χ0v) is 48.8.